The zero-order valence-corrected chi connectivity index (χ0v) is 15.5. The van der Waals surface area contributed by atoms with Gasteiger partial charge in [-0.3, -0.25) is 4.90 Å². The fourth-order valence-corrected chi connectivity index (χ4v) is 4.29. The van der Waals surface area contributed by atoms with Crippen LogP contribution < -0.4 is 9.64 Å². The van der Waals surface area contributed by atoms with Crippen molar-refractivity contribution in [3.63, 3.8) is 0 Å². The summed E-state index contributed by atoms with van der Waals surface area (Å²) < 4.78 is 5.40. The van der Waals surface area contributed by atoms with Gasteiger partial charge in [-0.2, -0.15) is 0 Å². The lowest BCUT2D eigenvalue weighted by Gasteiger charge is -2.47. The van der Waals surface area contributed by atoms with E-state index in [0.29, 0.717) is 5.41 Å². The summed E-state index contributed by atoms with van der Waals surface area (Å²) in [5.74, 6) is 1.63. The number of anilines is 1. The van der Waals surface area contributed by atoms with E-state index in [1.807, 2.05) is 24.5 Å². The van der Waals surface area contributed by atoms with Gasteiger partial charge in [-0.1, -0.05) is 6.07 Å². The minimum Gasteiger partial charge on any atom is -0.481 e. The van der Waals surface area contributed by atoms with Crippen molar-refractivity contribution in [1.29, 1.82) is 0 Å². The van der Waals surface area contributed by atoms with E-state index >= 15 is 0 Å². The van der Waals surface area contributed by atoms with E-state index in [2.05, 4.69) is 30.8 Å². The Labute approximate surface area is 155 Å². The first-order valence-electron chi connectivity index (χ1n) is 9.50. The van der Waals surface area contributed by atoms with Crippen molar-refractivity contribution in [3.8, 4) is 5.88 Å². The van der Waals surface area contributed by atoms with Crippen molar-refractivity contribution < 1.29 is 4.74 Å². The quantitative estimate of drug-likeness (QED) is 0.842. The fourth-order valence-electron chi connectivity index (χ4n) is 4.29. The molecule has 0 atom stereocenters. The van der Waals surface area contributed by atoms with Crippen LogP contribution in [0.4, 0.5) is 5.95 Å². The molecule has 0 bridgehead atoms. The molecule has 26 heavy (non-hydrogen) atoms. The Morgan fingerprint density at radius 1 is 0.923 bits per heavy atom. The van der Waals surface area contributed by atoms with Crippen LogP contribution >= 0.6 is 0 Å². The van der Waals surface area contributed by atoms with Crippen molar-refractivity contribution in [2.75, 3.05) is 38.2 Å². The van der Waals surface area contributed by atoms with Gasteiger partial charge in [-0.25, -0.2) is 15.0 Å². The summed E-state index contributed by atoms with van der Waals surface area (Å²) in [6.07, 6.45) is 10.5. The molecule has 4 heterocycles. The van der Waals surface area contributed by atoms with Crippen molar-refractivity contribution in [3.05, 3.63) is 42.4 Å². The van der Waals surface area contributed by atoms with Gasteiger partial charge in [0.25, 0.3) is 0 Å². The normalized spacial score (nSPS) is 20.3. The predicted octanol–water partition coefficient (Wildman–Crippen LogP) is 2.76. The van der Waals surface area contributed by atoms with Gasteiger partial charge in [-0.15, -0.1) is 0 Å². The molecule has 2 aliphatic rings. The molecule has 0 aliphatic carbocycles. The summed E-state index contributed by atoms with van der Waals surface area (Å²) in [5.41, 5.74) is 1.68. The first-order valence-corrected chi connectivity index (χ1v) is 9.50. The fraction of sp³-hybridized carbons (Fsp3) is 0.550. The molecular weight excluding hydrogens is 326 g/mol. The zero-order chi connectivity index (χ0) is 17.8. The number of nitrogens with zero attached hydrogens (tertiary/aromatic N) is 5. The number of aromatic nitrogens is 3. The largest absolute Gasteiger partial charge is 0.481 e. The van der Waals surface area contributed by atoms with Crippen molar-refractivity contribution in [2.45, 2.75) is 32.2 Å². The van der Waals surface area contributed by atoms with Gasteiger partial charge in [0.15, 0.2) is 0 Å². The molecule has 0 amide bonds. The van der Waals surface area contributed by atoms with Crippen LogP contribution in [0.2, 0.25) is 0 Å². The third-order valence-electron chi connectivity index (χ3n) is 6.01. The van der Waals surface area contributed by atoms with Crippen molar-refractivity contribution in [2.24, 2.45) is 5.41 Å². The molecule has 0 aromatic carbocycles. The summed E-state index contributed by atoms with van der Waals surface area (Å²) in [7, 11) is 1.70. The van der Waals surface area contributed by atoms with E-state index in [1.54, 1.807) is 13.3 Å². The molecule has 4 rings (SSSR count). The van der Waals surface area contributed by atoms with Crippen LogP contribution in [-0.4, -0.2) is 53.1 Å². The summed E-state index contributed by atoms with van der Waals surface area (Å²) in [6, 6.07) is 5.99. The van der Waals surface area contributed by atoms with Gasteiger partial charge in [0.2, 0.25) is 11.8 Å². The third-order valence-corrected chi connectivity index (χ3v) is 6.01. The molecule has 6 nitrogen and oxygen atoms in total. The highest BCUT2D eigenvalue weighted by atomic mass is 16.5. The van der Waals surface area contributed by atoms with Crippen molar-refractivity contribution >= 4 is 5.95 Å². The average molecular weight is 353 g/mol. The zero-order valence-electron chi connectivity index (χ0n) is 15.5. The Bertz CT molecular complexity index is 705. The van der Waals surface area contributed by atoms with Gasteiger partial charge in [-0.05, 0) is 56.3 Å². The molecule has 2 aromatic rings. The van der Waals surface area contributed by atoms with Crippen LogP contribution in [0.15, 0.2) is 36.8 Å². The van der Waals surface area contributed by atoms with Crippen LogP contribution in [0, 0.1) is 5.41 Å². The molecule has 2 saturated heterocycles. The monoisotopic (exact) mass is 353 g/mol. The van der Waals surface area contributed by atoms with Gasteiger partial charge in [0.05, 0.1) is 7.11 Å². The van der Waals surface area contributed by atoms with Crippen LogP contribution in [0.3, 0.4) is 0 Å². The SMILES string of the molecule is COc1ncccc1CN1CCC2(CC1)CCN(c1ncccn1)CC2. The maximum Gasteiger partial charge on any atom is 0.225 e. The number of pyridine rings is 1. The standard InChI is InChI=1S/C20H27N5O/c1-26-18-17(4-2-9-21-18)16-24-12-5-20(6-13-24)7-14-25(15-8-20)19-22-10-3-11-23-19/h2-4,9-11H,5-8,12-16H2,1H3. The van der Waals surface area contributed by atoms with E-state index in [-0.39, 0.29) is 0 Å². The molecule has 0 saturated carbocycles. The predicted molar refractivity (Wildman–Crippen MR) is 101 cm³/mol. The average Bonchev–Trinajstić information content (AvgIpc) is 2.72. The minimum atomic E-state index is 0.501. The van der Waals surface area contributed by atoms with Gasteiger partial charge in [0, 0.05) is 43.8 Å². The lowest BCUT2D eigenvalue weighted by molar-refractivity contribution is 0.0750. The topological polar surface area (TPSA) is 54.4 Å². The van der Waals surface area contributed by atoms with E-state index < -0.39 is 0 Å². The molecular formula is C20H27N5O. The Kier molecular flexibility index (Phi) is 5.02. The maximum atomic E-state index is 5.40. The molecule has 2 aromatic heterocycles. The second kappa shape index (κ2) is 7.58. The minimum absolute atomic E-state index is 0.501. The highest BCUT2D eigenvalue weighted by Gasteiger charge is 2.38. The van der Waals surface area contributed by atoms with Crippen LogP contribution in [0.1, 0.15) is 31.2 Å². The van der Waals surface area contributed by atoms with E-state index in [0.717, 1.165) is 44.6 Å². The lowest BCUT2D eigenvalue weighted by Crippen LogP contribution is -2.47. The summed E-state index contributed by atoms with van der Waals surface area (Å²) in [6.45, 7) is 5.37. The van der Waals surface area contributed by atoms with Crippen LogP contribution in [0.25, 0.3) is 0 Å². The number of piperidine rings is 2. The molecule has 0 radical (unpaired) electrons. The molecule has 2 fully saturated rings. The number of ether oxygens (including phenoxy) is 1. The number of likely N-dealkylation sites (tertiary alicyclic amines) is 1. The van der Waals surface area contributed by atoms with Crippen molar-refractivity contribution in [1.82, 2.24) is 19.9 Å². The Morgan fingerprint density at radius 2 is 1.58 bits per heavy atom. The maximum absolute atomic E-state index is 5.40. The summed E-state index contributed by atoms with van der Waals surface area (Å²) in [5, 5.41) is 0. The van der Waals surface area contributed by atoms with Crippen LogP contribution in [-0.2, 0) is 6.54 Å². The van der Waals surface area contributed by atoms with Gasteiger partial charge >= 0.3 is 0 Å². The first-order chi connectivity index (χ1) is 12.8. The Hall–Kier alpha value is -2.21. The molecule has 0 N–H and O–H groups in total. The van der Waals surface area contributed by atoms with Crippen LogP contribution in [0.5, 0.6) is 5.88 Å². The number of methoxy groups -OCH3 is 1. The third kappa shape index (κ3) is 3.65. The number of rotatable bonds is 4. The smallest absolute Gasteiger partial charge is 0.225 e. The molecule has 1 spiro atoms. The Balaban J connectivity index is 1.31. The molecule has 0 unspecified atom stereocenters. The van der Waals surface area contributed by atoms with Gasteiger partial charge in [0.1, 0.15) is 0 Å². The molecule has 2 aliphatic heterocycles. The first kappa shape index (κ1) is 17.2. The summed E-state index contributed by atoms with van der Waals surface area (Å²) in [4.78, 5) is 18.0. The highest BCUT2D eigenvalue weighted by molar-refractivity contribution is 5.29. The van der Waals surface area contributed by atoms with E-state index in [1.165, 1.54) is 31.2 Å². The Morgan fingerprint density at radius 3 is 2.27 bits per heavy atom. The van der Waals surface area contributed by atoms with Gasteiger partial charge < -0.3 is 9.64 Å². The second-order valence-corrected chi connectivity index (χ2v) is 7.48. The number of hydrogen-bond acceptors (Lipinski definition) is 6. The lowest BCUT2D eigenvalue weighted by atomic mass is 9.71. The second-order valence-electron chi connectivity index (χ2n) is 7.48. The highest BCUT2D eigenvalue weighted by Crippen LogP contribution is 2.42. The molecule has 138 valence electrons. The molecule has 6 heteroatoms. The summed E-state index contributed by atoms with van der Waals surface area (Å²) >= 11 is 0. The van der Waals surface area contributed by atoms with E-state index in [9.17, 15) is 0 Å². The van der Waals surface area contributed by atoms with E-state index in [4.69, 9.17) is 4.74 Å². The number of hydrogen-bond donors (Lipinski definition) is 0.